The summed E-state index contributed by atoms with van der Waals surface area (Å²) in [5, 5.41) is 19.5. The van der Waals surface area contributed by atoms with Crippen LogP contribution >= 0.6 is 0 Å². The molecule has 0 radical (unpaired) electrons. The third-order valence-electron chi connectivity index (χ3n) is 2.34. The Balaban J connectivity index is 2.97. The molecule has 0 aliphatic rings. The third kappa shape index (κ3) is 3.25. The highest BCUT2D eigenvalue weighted by molar-refractivity contribution is 5.95. The van der Waals surface area contributed by atoms with Crippen molar-refractivity contribution in [1.29, 1.82) is 5.26 Å². The highest BCUT2D eigenvalue weighted by Gasteiger charge is 2.19. The number of aliphatic hydroxyl groups is 1. The SMILES string of the molecule is CC(CCO)NC(=O)c1c(F)cc(C#N)cc1F. The summed E-state index contributed by atoms with van der Waals surface area (Å²) < 4.78 is 27.0. The van der Waals surface area contributed by atoms with Crippen LogP contribution < -0.4 is 5.32 Å². The molecule has 1 aromatic carbocycles. The van der Waals surface area contributed by atoms with Crippen molar-refractivity contribution in [2.45, 2.75) is 19.4 Å². The van der Waals surface area contributed by atoms with Gasteiger partial charge in [-0.05, 0) is 25.5 Å². The first-order valence-electron chi connectivity index (χ1n) is 5.30. The number of rotatable bonds is 4. The molecule has 1 unspecified atom stereocenters. The molecule has 0 aromatic heterocycles. The van der Waals surface area contributed by atoms with Crippen molar-refractivity contribution in [3.05, 3.63) is 34.9 Å². The molecule has 0 heterocycles. The number of nitrogens with zero attached hydrogens (tertiary/aromatic N) is 1. The van der Waals surface area contributed by atoms with Gasteiger partial charge in [0.2, 0.25) is 0 Å². The summed E-state index contributed by atoms with van der Waals surface area (Å²) in [6.07, 6.45) is 0.283. The summed E-state index contributed by atoms with van der Waals surface area (Å²) in [7, 11) is 0. The second kappa shape index (κ2) is 6.07. The number of carbonyl (C=O) groups is 1. The van der Waals surface area contributed by atoms with E-state index in [0.29, 0.717) is 0 Å². The van der Waals surface area contributed by atoms with E-state index in [2.05, 4.69) is 5.32 Å². The maximum absolute atomic E-state index is 13.5. The molecule has 0 saturated heterocycles. The van der Waals surface area contributed by atoms with Crippen LogP contribution in [0, 0.1) is 23.0 Å². The van der Waals surface area contributed by atoms with Gasteiger partial charge in [0.25, 0.3) is 5.91 Å². The molecule has 4 nitrogen and oxygen atoms in total. The van der Waals surface area contributed by atoms with Gasteiger partial charge < -0.3 is 10.4 Å². The van der Waals surface area contributed by atoms with Crippen molar-refractivity contribution in [2.75, 3.05) is 6.61 Å². The molecular formula is C12H12F2N2O2. The molecule has 2 N–H and O–H groups in total. The van der Waals surface area contributed by atoms with E-state index in [1.54, 1.807) is 13.0 Å². The van der Waals surface area contributed by atoms with Gasteiger partial charge in [0.1, 0.15) is 17.2 Å². The van der Waals surface area contributed by atoms with Crippen LogP contribution in [0.15, 0.2) is 12.1 Å². The quantitative estimate of drug-likeness (QED) is 0.851. The molecule has 0 aliphatic heterocycles. The van der Waals surface area contributed by atoms with Crippen molar-refractivity contribution in [2.24, 2.45) is 0 Å². The molecule has 0 aliphatic carbocycles. The second-order valence-corrected chi connectivity index (χ2v) is 3.81. The summed E-state index contributed by atoms with van der Waals surface area (Å²) in [4.78, 5) is 11.6. The molecule has 0 spiro atoms. The van der Waals surface area contributed by atoms with Crippen LogP contribution in [-0.2, 0) is 0 Å². The van der Waals surface area contributed by atoms with Gasteiger partial charge in [0.05, 0.1) is 11.6 Å². The van der Waals surface area contributed by atoms with Crippen molar-refractivity contribution in [3.63, 3.8) is 0 Å². The van der Waals surface area contributed by atoms with E-state index in [9.17, 15) is 13.6 Å². The Morgan fingerprint density at radius 3 is 2.50 bits per heavy atom. The Labute approximate surface area is 103 Å². The maximum atomic E-state index is 13.5. The number of hydrogen-bond donors (Lipinski definition) is 2. The Hall–Kier alpha value is -2.00. The van der Waals surface area contributed by atoms with Gasteiger partial charge in [0.15, 0.2) is 0 Å². The van der Waals surface area contributed by atoms with E-state index >= 15 is 0 Å². The van der Waals surface area contributed by atoms with Crippen LogP contribution in [0.5, 0.6) is 0 Å². The van der Waals surface area contributed by atoms with E-state index in [0.717, 1.165) is 12.1 Å². The standard InChI is InChI=1S/C12H12F2N2O2/c1-7(2-3-17)16-12(18)11-9(13)4-8(6-15)5-10(11)14/h4-5,7,17H,2-3H2,1H3,(H,16,18). The number of carbonyl (C=O) groups excluding carboxylic acids is 1. The molecule has 1 aromatic rings. The lowest BCUT2D eigenvalue weighted by Crippen LogP contribution is -2.34. The zero-order valence-electron chi connectivity index (χ0n) is 9.70. The topological polar surface area (TPSA) is 73.1 Å². The number of nitriles is 1. The van der Waals surface area contributed by atoms with Crippen LogP contribution in [0.1, 0.15) is 29.3 Å². The number of amides is 1. The molecule has 0 bridgehead atoms. The first kappa shape index (κ1) is 14.1. The zero-order chi connectivity index (χ0) is 13.7. The summed E-state index contributed by atoms with van der Waals surface area (Å²) in [6, 6.07) is 2.79. The van der Waals surface area contributed by atoms with E-state index in [4.69, 9.17) is 10.4 Å². The second-order valence-electron chi connectivity index (χ2n) is 3.81. The molecule has 0 fully saturated rings. The minimum absolute atomic E-state index is 0.139. The van der Waals surface area contributed by atoms with Crippen LogP contribution in [0.25, 0.3) is 0 Å². The van der Waals surface area contributed by atoms with Gasteiger partial charge in [-0.1, -0.05) is 0 Å². The number of hydrogen-bond acceptors (Lipinski definition) is 3. The number of halogens is 2. The van der Waals surface area contributed by atoms with Gasteiger partial charge in [-0.3, -0.25) is 4.79 Å². The summed E-state index contributed by atoms with van der Waals surface area (Å²) in [5.74, 6) is -3.07. The highest BCUT2D eigenvalue weighted by Crippen LogP contribution is 2.15. The van der Waals surface area contributed by atoms with Gasteiger partial charge in [-0.15, -0.1) is 0 Å². The molecule has 0 saturated carbocycles. The average Bonchev–Trinajstić information content (AvgIpc) is 2.27. The lowest BCUT2D eigenvalue weighted by atomic mass is 10.1. The normalized spacial score (nSPS) is 11.7. The summed E-state index contributed by atoms with van der Waals surface area (Å²) in [5.41, 5.74) is -0.913. The van der Waals surface area contributed by atoms with Gasteiger partial charge >= 0.3 is 0 Å². The van der Waals surface area contributed by atoms with Crippen molar-refractivity contribution in [1.82, 2.24) is 5.32 Å². The molecule has 96 valence electrons. The maximum Gasteiger partial charge on any atom is 0.257 e. The fourth-order valence-electron chi connectivity index (χ4n) is 1.42. The van der Waals surface area contributed by atoms with Crippen molar-refractivity contribution >= 4 is 5.91 Å². The molecule has 1 rings (SSSR count). The molecule has 6 heteroatoms. The van der Waals surface area contributed by atoms with E-state index in [1.165, 1.54) is 0 Å². The Kier molecular flexibility index (Phi) is 4.75. The fourth-order valence-corrected chi connectivity index (χ4v) is 1.42. The summed E-state index contributed by atoms with van der Waals surface area (Å²) in [6.45, 7) is 1.47. The molecule has 1 atom stereocenters. The van der Waals surface area contributed by atoms with Crippen LogP contribution in [-0.4, -0.2) is 23.7 Å². The minimum Gasteiger partial charge on any atom is -0.396 e. The number of aliphatic hydroxyl groups excluding tert-OH is 1. The predicted molar refractivity (Wildman–Crippen MR) is 59.7 cm³/mol. The first-order valence-corrected chi connectivity index (χ1v) is 5.30. The van der Waals surface area contributed by atoms with E-state index in [-0.39, 0.29) is 18.6 Å². The monoisotopic (exact) mass is 254 g/mol. The van der Waals surface area contributed by atoms with Crippen LogP contribution in [0.3, 0.4) is 0 Å². The largest absolute Gasteiger partial charge is 0.396 e. The highest BCUT2D eigenvalue weighted by atomic mass is 19.1. The lowest BCUT2D eigenvalue weighted by Gasteiger charge is -2.13. The van der Waals surface area contributed by atoms with Crippen LogP contribution in [0.4, 0.5) is 8.78 Å². The van der Waals surface area contributed by atoms with E-state index in [1.807, 2.05) is 0 Å². The van der Waals surface area contributed by atoms with E-state index < -0.39 is 29.1 Å². The predicted octanol–water partition coefficient (Wildman–Crippen LogP) is 1.34. The molecule has 1 amide bonds. The summed E-state index contributed by atoms with van der Waals surface area (Å²) >= 11 is 0. The Morgan fingerprint density at radius 2 is 2.06 bits per heavy atom. The molecule has 18 heavy (non-hydrogen) atoms. The first-order chi connectivity index (χ1) is 8.49. The Morgan fingerprint density at radius 1 is 1.50 bits per heavy atom. The fraction of sp³-hybridized carbons (Fsp3) is 0.333. The third-order valence-corrected chi connectivity index (χ3v) is 2.34. The number of benzene rings is 1. The minimum atomic E-state index is -1.08. The van der Waals surface area contributed by atoms with Gasteiger partial charge in [-0.25, -0.2) is 8.78 Å². The van der Waals surface area contributed by atoms with Crippen molar-refractivity contribution in [3.8, 4) is 6.07 Å². The van der Waals surface area contributed by atoms with Gasteiger partial charge in [-0.2, -0.15) is 5.26 Å². The lowest BCUT2D eigenvalue weighted by molar-refractivity contribution is 0.0926. The number of nitrogens with one attached hydrogen (secondary N) is 1. The van der Waals surface area contributed by atoms with Crippen LogP contribution in [0.2, 0.25) is 0 Å². The van der Waals surface area contributed by atoms with Gasteiger partial charge in [0, 0.05) is 12.6 Å². The Bertz CT molecular complexity index is 474. The zero-order valence-corrected chi connectivity index (χ0v) is 9.70. The molecular weight excluding hydrogens is 242 g/mol. The smallest absolute Gasteiger partial charge is 0.257 e. The van der Waals surface area contributed by atoms with Crippen molar-refractivity contribution < 1.29 is 18.7 Å². The average molecular weight is 254 g/mol.